The molecule has 0 spiro atoms. The molecule has 5 nitrogen and oxygen atoms in total. The average molecular weight is 308 g/mol. The first-order chi connectivity index (χ1) is 10.1. The van der Waals surface area contributed by atoms with Crippen LogP contribution in [0.1, 0.15) is 18.4 Å². The first-order valence-electron chi connectivity index (χ1n) is 6.95. The van der Waals surface area contributed by atoms with Gasteiger partial charge in [-0.1, -0.05) is 11.6 Å². The number of carbonyl (C=O) groups is 1. The normalized spacial score (nSPS) is 18.4. The summed E-state index contributed by atoms with van der Waals surface area (Å²) < 4.78 is 0. The molecule has 0 saturated carbocycles. The summed E-state index contributed by atoms with van der Waals surface area (Å²) in [6.45, 7) is 2.27. The van der Waals surface area contributed by atoms with Gasteiger partial charge in [-0.25, -0.2) is 0 Å². The van der Waals surface area contributed by atoms with E-state index in [9.17, 15) is 4.79 Å². The van der Waals surface area contributed by atoms with Crippen LogP contribution < -0.4 is 5.32 Å². The van der Waals surface area contributed by atoms with E-state index in [1.807, 2.05) is 6.07 Å². The number of nitrogens with one attached hydrogen (secondary N) is 1. The summed E-state index contributed by atoms with van der Waals surface area (Å²) in [5.74, 6) is 0.382. The first-order valence-corrected chi connectivity index (χ1v) is 7.33. The van der Waals surface area contributed by atoms with Crippen LogP contribution in [0.3, 0.4) is 0 Å². The average Bonchev–Trinajstić information content (AvgIpc) is 2.86. The summed E-state index contributed by atoms with van der Waals surface area (Å²) in [5.41, 5.74) is 0.983. The number of aliphatic hydroxyl groups excluding tert-OH is 1. The summed E-state index contributed by atoms with van der Waals surface area (Å²) in [5, 5.41) is 20.8. The number of nitriles is 1. The standard InChI is InChI=1S/C15H18ClN3O2/c16-14-7-13(2-1-12(14)8-17)18-15(21)10-19-5-3-11(9-19)4-6-20/h1-2,7,11,20H,3-6,9-10H2,(H,18,21). The fourth-order valence-corrected chi connectivity index (χ4v) is 2.78. The molecule has 1 aliphatic heterocycles. The highest BCUT2D eigenvalue weighted by molar-refractivity contribution is 6.32. The molecule has 1 aromatic carbocycles. The molecule has 1 saturated heterocycles. The molecule has 21 heavy (non-hydrogen) atoms. The number of halogens is 1. The Hall–Kier alpha value is -1.61. The second-order valence-electron chi connectivity index (χ2n) is 5.26. The maximum absolute atomic E-state index is 12.0. The zero-order chi connectivity index (χ0) is 15.2. The SMILES string of the molecule is N#Cc1ccc(NC(=O)CN2CCC(CCO)C2)cc1Cl. The summed E-state index contributed by atoms with van der Waals surface area (Å²) >= 11 is 5.93. The third-order valence-corrected chi connectivity index (χ3v) is 3.96. The van der Waals surface area contributed by atoms with Gasteiger partial charge in [-0.2, -0.15) is 5.26 Å². The van der Waals surface area contributed by atoms with E-state index in [1.165, 1.54) is 0 Å². The smallest absolute Gasteiger partial charge is 0.238 e. The molecule has 1 fully saturated rings. The number of hydrogen-bond donors (Lipinski definition) is 2. The van der Waals surface area contributed by atoms with E-state index in [1.54, 1.807) is 18.2 Å². The number of carbonyl (C=O) groups excluding carboxylic acids is 1. The van der Waals surface area contributed by atoms with Gasteiger partial charge in [0.15, 0.2) is 0 Å². The van der Waals surface area contributed by atoms with Gasteiger partial charge in [0, 0.05) is 18.8 Å². The fraction of sp³-hybridized carbons (Fsp3) is 0.467. The van der Waals surface area contributed by atoms with Gasteiger partial charge >= 0.3 is 0 Å². The molecule has 0 bridgehead atoms. The van der Waals surface area contributed by atoms with Crippen molar-refractivity contribution in [2.75, 3.05) is 31.6 Å². The Morgan fingerprint density at radius 2 is 2.38 bits per heavy atom. The van der Waals surface area contributed by atoms with Gasteiger partial charge in [0.25, 0.3) is 0 Å². The van der Waals surface area contributed by atoms with E-state index in [2.05, 4.69) is 10.2 Å². The van der Waals surface area contributed by atoms with Crippen molar-refractivity contribution >= 4 is 23.2 Å². The Bertz CT molecular complexity index is 556. The van der Waals surface area contributed by atoms with Crippen molar-refractivity contribution < 1.29 is 9.90 Å². The number of benzene rings is 1. The minimum atomic E-state index is -0.0968. The van der Waals surface area contributed by atoms with Gasteiger partial charge in [-0.15, -0.1) is 0 Å². The number of rotatable bonds is 5. The number of nitrogens with zero attached hydrogens (tertiary/aromatic N) is 2. The number of aliphatic hydroxyl groups is 1. The predicted molar refractivity (Wildman–Crippen MR) is 81.0 cm³/mol. The lowest BCUT2D eigenvalue weighted by Gasteiger charge is -2.15. The first kappa shape index (κ1) is 15.8. The number of amides is 1. The molecule has 1 aliphatic rings. The molecule has 6 heteroatoms. The van der Waals surface area contributed by atoms with E-state index < -0.39 is 0 Å². The van der Waals surface area contributed by atoms with Crippen molar-refractivity contribution in [2.45, 2.75) is 12.8 Å². The van der Waals surface area contributed by atoms with E-state index in [-0.39, 0.29) is 12.5 Å². The van der Waals surface area contributed by atoms with Crippen LogP contribution >= 0.6 is 11.6 Å². The number of anilines is 1. The van der Waals surface area contributed by atoms with Crippen LogP contribution in [0.25, 0.3) is 0 Å². The minimum absolute atomic E-state index is 0.0968. The Morgan fingerprint density at radius 3 is 3.05 bits per heavy atom. The highest BCUT2D eigenvalue weighted by Crippen LogP contribution is 2.21. The maximum atomic E-state index is 12.0. The second-order valence-corrected chi connectivity index (χ2v) is 5.66. The number of likely N-dealkylation sites (tertiary alicyclic amines) is 1. The van der Waals surface area contributed by atoms with Crippen molar-refractivity contribution in [1.29, 1.82) is 5.26 Å². The molecule has 2 rings (SSSR count). The highest BCUT2D eigenvalue weighted by Gasteiger charge is 2.23. The van der Waals surface area contributed by atoms with Gasteiger partial charge in [0.2, 0.25) is 5.91 Å². The van der Waals surface area contributed by atoms with Gasteiger partial charge in [0.1, 0.15) is 6.07 Å². The van der Waals surface area contributed by atoms with Gasteiger partial charge < -0.3 is 10.4 Å². The topological polar surface area (TPSA) is 76.4 Å². The van der Waals surface area contributed by atoms with Gasteiger partial charge in [-0.05, 0) is 43.5 Å². The van der Waals surface area contributed by atoms with Crippen LogP contribution in [0.5, 0.6) is 0 Å². The Morgan fingerprint density at radius 1 is 1.57 bits per heavy atom. The molecule has 1 heterocycles. The fourth-order valence-electron chi connectivity index (χ4n) is 2.56. The van der Waals surface area contributed by atoms with Crippen LogP contribution in [0.4, 0.5) is 5.69 Å². The lowest BCUT2D eigenvalue weighted by atomic mass is 10.1. The zero-order valence-electron chi connectivity index (χ0n) is 11.7. The molecule has 1 unspecified atom stereocenters. The van der Waals surface area contributed by atoms with Crippen LogP contribution in [0, 0.1) is 17.2 Å². The molecular weight excluding hydrogens is 290 g/mol. The summed E-state index contributed by atoms with van der Waals surface area (Å²) in [4.78, 5) is 14.1. The van der Waals surface area contributed by atoms with Crippen LogP contribution in [-0.2, 0) is 4.79 Å². The van der Waals surface area contributed by atoms with E-state index >= 15 is 0 Å². The lowest BCUT2D eigenvalue weighted by molar-refractivity contribution is -0.117. The maximum Gasteiger partial charge on any atom is 0.238 e. The van der Waals surface area contributed by atoms with Gasteiger partial charge in [-0.3, -0.25) is 9.69 Å². The molecule has 112 valence electrons. The van der Waals surface area contributed by atoms with Crippen LogP contribution in [0.15, 0.2) is 18.2 Å². The minimum Gasteiger partial charge on any atom is -0.396 e. The summed E-state index contributed by atoms with van der Waals surface area (Å²) in [7, 11) is 0. The second kappa shape index (κ2) is 7.41. The van der Waals surface area contributed by atoms with E-state index in [4.69, 9.17) is 22.0 Å². The Labute approximate surface area is 129 Å². The van der Waals surface area contributed by atoms with Crippen molar-refractivity contribution in [3.8, 4) is 6.07 Å². The Kier molecular flexibility index (Phi) is 5.57. The summed E-state index contributed by atoms with van der Waals surface area (Å²) in [6.07, 6.45) is 1.82. The molecule has 0 radical (unpaired) electrons. The highest BCUT2D eigenvalue weighted by atomic mass is 35.5. The molecular formula is C15H18ClN3O2. The molecule has 1 amide bonds. The van der Waals surface area contributed by atoms with Crippen LogP contribution in [0.2, 0.25) is 5.02 Å². The predicted octanol–water partition coefficient (Wildman–Crippen LogP) is 1.85. The van der Waals surface area contributed by atoms with Crippen molar-refractivity contribution in [2.24, 2.45) is 5.92 Å². The number of hydrogen-bond acceptors (Lipinski definition) is 4. The van der Waals surface area contributed by atoms with Crippen molar-refractivity contribution in [3.63, 3.8) is 0 Å². The van der Waals surface area contributed by atoms with Gasteiger partial charge in [0.05, 0.1) is 17.1 Å². The van der Waals surface area contributed by atoms with E-state index in [0.29, 0.717) is 28.7 Å². The molecule has 1 aromatic rings. The summed E-state index contributed by atoms with van der Waals surface area (Å²) in [6, 6.07) is 6.81. The molecule has 1 atom stereocenters. The molecule has 0 aliphatic carbocycles. The Balaban J connectivity index is 1.85. The zero-order valence-corrected chi connectivity index (χ0v) is 12.4. The largest absolute Gasteiger partial charge is 0.396 e. The van der Waals surface area contributed by atoms with Crippen LogP contribution in [-0.4, -0.2) is 42.2 Å². The lowest BCUT2D eigenvalue weighted by Crippen LogP contribution is -2.31. The van der Waals surface area contributed by atoms with E-state index in [0.717, 1.165) is 25.9 Å². The third kappa shape index (κ3) is 4.43. The van der Waals surface area contributed by atoms with Crippen molar-refractivity contribution in [1.82, 2.24) is 4.90 Å². The van der Waals surface area contributed by atoms with Crippen molar-refractivity contribution in [3.05, 3.63) is 28.8 Å². The quantitative estimate of drug-likeness (QED) is 0.870. The molecule has 0 aromatic heterocycles. The monoisotopic (exact) mass is 307 g/mol. The molecule has 2 N–H and O–H groups in total. The third-order valence-electron chi connectivity index (χ3n) is 3.65.